The molecule has 0 aliphatic heterocycles. The Bertz CT molecular complexity index is 582. The van der Waals surface area contributed by atoms with Crippen LogP contribution in [0.2, 0.25) is 0 Å². The number of ether oxygens (including phenoxy) is 2. The van der Waals surface area contributed by atoms with Crippen LogP contribution in [0.25, 0.3) is 0 Å². The van der Waals surface area contributed by atoms with Gasteiger partial charge in [0.05, 0.1) is 7.11 Å². The quantitative estimate of drug-likeness (QED) is 0.614. The van der Waals surface area contributed by atoms with E-state index in [-0.39, 0.29) is 17.5 Å². The standard InChI is InChI=1S/C19H24O3/c1-14-16(10-11-18(20)21-4)19(2,3)13-12-17(14)22-15-8-6-5-7-9-15/h5-11,17H,12-13H2,1-4H3. The Morgan fingerprint density at radius 1 is 1.27 bits per heavy atom. The van der Waals surface area contributed by atoms with Crippen LogP contribution in [0.3, 0.4) is 0 Å². The first kappa shape index (κ1) is 16.3. The van der Waals surface area contributed by atoms with Crippen LogP contribution in [0.1, 0.15) is 33.6 Å². The highest BCUT2D eigenvalue weighted by atomic mass is 16.5. The zero-order chi connectivity index (χ0) is 16.2. The van der Waals surface area contributed by atoms with Crippen molar-refractivity contribution in [2.24, 2.45) is 5.41 Å². The molecule has 1 atom stereocenters. The lowest BCUT2D eigenvalue weighted by atomic mass is 9.71. The van der Waals surface area contributed by atoms with Gasteiger partial charge >= 0.3 is 5.97 Å². The van der Waals surface area contributed by atoms with Crippen molar-refractivity contribution in [3.63, 3.8) is 0 Å². The van der Waals surface area contributed by atoms with Crippen molar-refractivity contribution in [3.8, 4) is 5.75 Å². The fourth-order valence-electron chi connectivity index (χ4n) is 2.94. The van der Waals surface area contributed by atoms with E-state index in [1.165, 1.54) is 18.8 Å². The largest absolute Gasteiger partial charge is 0.486 e. The average molecular weight is 300 g/mol. The summed E-state index contributed by atoms with van der Waals surface area (Å²) >= 11 is 0. The number of rotatable bonds is 4. The van der Waals surface area contributed by atoms with Crippen molar-refractivity contribution < 1.29 is 14.3 Å². The normalized spacial score (nSPS) is 21.0. The number of methoxy groups -OCH3 is 1. The van der Waals surface area contributed by atoms with Gasteiger partial charge in [-0.15, -0.1) is 0 Å². The molecule has 2 rings (SSSR count). The average Bonchev–Trinajstić information content (AvgIpc) is 2.50. The number of allylic oxidation sites excluding steroid dienone is 2. The molecule has 1 unspecified atom stereocenters. The summed E-state index contributed by atoms with van der Waals surface area (Å²) in [5.74, 6) is 0.546. The van der Waals surface area contributed by atoms with Crippen LogP contribution in [0.4, 0.5) is 0 Å². The number of esters is 1. The van der Waals surface area contributed by atoms with Crippen molar-refractivity contribution >= 4 is 5.97 Å². The van der Waals surface area contributed by atoms with Crippen molar-refractivity contribution in [3.05, 3.63) is 53.6 Å². The van der Waals surface area contributed by atoms with Crippen molar-refractivity contribution in [1.29, 1.82) is 0 Å². The summed E-state index contributed by atoms with van der Waals surface area (Å²) in [5.41, 5.74) is 2.37. The second-order valence-electron chi connectivity index (χ2n) is 6.30. The number of hydrogen-bond acceptors (Lipinski definition) is 3. The number of carbonyl (C=O) groups excluding carboxylic acids is 1. The van der Waals surface area contributed by atoms with Gasteiger partial charge in [0.2, 0.25) is 0 Å². The molecule has 0 N–H and O–H groups in total. The second-order valence-corrected chi connectivity index (χ2v) is 6.30. The van der Waals surface area contributed by atoms with Crippen molar-refractivity contribution in [1.82, 2.24) is 0 Å². The number of hydrogen-bond donors (Lipinski definition) is 0. The van der Waals surface area contributed by atoms with Crippen LogP contribution < -0.4 is 4.74 Å². The second kappa shape index (κ2) is 6.82. The third-order valence-corrected chi connectivity index (χ3v) is 4.28. The van der Waals surface area contributed by atoms with Gasteiger partial charge < -0.3 is 9.47 Å². The van der Waals surface area contributed by atoms with Gasteiger partial charge in [-0.2, -0.15) is 0 Å². The van der Waals surface area contributed by atoms with Crippen LogP contribution in [0.5, 0.6) is 5.75 Å². The van der Waals surface area contributed by atoms with E-state index in [1.54, 1.807) is 0 Å². The molecule has 3 heteroatoms. The predicted molar refractivity (Wildman–Crippen MR) is 87.7 cm³/mol. The molecule has 1 aliphatic rings. The fourth-order valence-corrected chi connectivity index (χ4v) is 2.94. The summed E-state index contributed by atoms with van der Waals surface area (Å²) in [4.78, 5) is 11.4. The third kappa shape index (κ3) is 3.79. The van der Waals surface area contributed by atoms with Gasteiger partial charge in [-0.3, -0.25) is 0 Å². The molecule has 0 spiro atoms. The van der Waals surface area contributed by atoms with E-state index >= 15 is 0 Å². The van der Waals surface area contributed by atoms with Gasteiger partial charge in [-0.1, -0.05) is 38.1 Å². The molecule has 0 saturated heterocycles. The minimum Gasteiger partial charge on any atom is -0.486 e. The maximum atomic E-state index is 11.4. The zero-order valence-corrected chi connectivity index (χ0v) is 13.8. The van der Waals surface area contributed by atoms with Crippen LogP contribution in [-0.2, 0) is 9.53 Å². The first-order valence-corrected chi connectivity index (χ1v) is 7.63. The fraction of sp³-hybridized carbons (Fsp3) is 0.421. The van der Waals surface area contributed by atoms with Gasteiger partial charge in [0.15, 0.2) is 0 Å². The number of benzene rings is 1. The lowest BCUT2D eigenvalue weighted by molar-refractivity contribution is -0.134. The molecule has 0 aromatic heterocycles. The molecule has 118 valence electrons. The smallest absolute Gasteiger partial charge is 0.330 e. The molecule has 0 heterocycles. The van der Waals surface area contributed by atoms with E-state index in [1.807, 2.05) is 36.4 Å². The highest BCUT2D eigenvalue weighted by Crippen LogP contribution is 2.42. The van der Waals surface area contributed by atoms with E-state index in [9.17, 15) is 4.79 Å². The monoisotopic (exact) mass is 300 g/mol. The van der Waals surface area contributed by atoms with Crippen LogP contribution in [-0.4, -0.2) is 19.2 Å². The number of carbonyl (C=O) groups is 1. The maximum absolute atomic E-state index is 11.4. The lowest BCUT2D eigenvalue weighted by Gasteiger charge is -2.37. The minimum absolute atomic E-state index is 0.0329. The van der Waals surface area contributed by atoms with Gasteiger partial charge in [-0.05, 0) is 48.5 Å². The van der Waals surface area contributed by atoms with Crippen molar-refractivity contribution in [2.75, 3.05) is 7.11 Å². The summed E-state index contributed by atoms with van der Waals surface area (Å²) in [5, 5.41) is 0. The van der Waals surface area contributed by atoms with Crippen LogP contribution >= 0.6 is 0 Å². The van der Waals surface area contributed by atoms with Gasteiger partial charge in [0.25, 0.3) is 0 Å². The summed E-state index contributed by atoms with van der Waals surface area (Å²) < 4.78 is 10.8. The summed E-state index contributed by atoms with van der Waals surface area (Å²) in [6, 6.07) is 9.86. The van der Waals surface area contributed by atoms with E-state index in [0.717, 1.165) is 24.2 Å². The third-order valence-electron chi connectivity index (χ3n) is 4.28. The molecular formula is C19H24O3. The molecule has 1 aliphatic carbocycles. The van der Waals surface area contributed by atoms with E-state index in [2.05, 4.69) is 25.5 Å². The Morgan fingerprint density at radius 2 is 1.95 bits per heavy atom. The van der Waals surface area contributed by atoms with Gasteiger partial charge in [-0.25, -0.2) is 4.79 Å². The minimum atomic E-state index is -0.331. The molecule has 3 nitrogen and oxygen atoms in total. The Balaban J connectivity index is 2.26. The highest BCUT2D eigenvalue weighted by molar-refractivity contribution is 5.82. The zero-order valence-electron chi connectivity index (χ0n) is 13.8. The molecule has 0 fully saturated rings. The summed E-state index contributed by atoms with van der Waals surface area (Å²) in [6.07, 6.45) is 5.41. The maximum Gasteiger partial charge on any atom is 0.330 e. The van der Waals surface area contributed by atoms with Crippen LogP contribution in [0.15, 0.2) is 53.6 Å². The molecule has 0 bridgehead atoms. The Labute approximate surface area is 132 Å². The Kier molecular flexibility index (Phi) is 5.07. The first-order valence-electron chi connectivity index (χ1n) is 7.63. The molecule has 0 amide bonds. The number of para-hydroxylation sites is 1. The molecule has 1 aromatic carbocycles. The molecule has 0 saturated carbocycles. The van der Waals surface area contributed by atoms with Gasteiger partial charge in [0, 0.05) is 6.08 Å². The SMILES string of the molecule is COC(=O)C=CC1=C(C)C(Oc2ccccc2)CCC1(C)C. The van der Waals surface area contributed by atoms with E-state index in [4.69, 9.17) is 4.74 Å². The van der Waals surface area contributed by atoms with Crippen molar-refractivity contribution in [2.45, 2.75) is 39.7 Å². The molecular weight excluding hydrogens is 276 g/mol. The predicted octanol–water partition coefficient (Wildman–Crippen LogP) is 4.30. The van der Waals surface area contributed by atoms with Gasteiger partial charge in [0.1, 0.15) is 11.9 Å². The molecule has 1 aromatic rings. The Morgan fingerprint density at radius 3 is 2.59 bits per heavy atom. The first-order chi connectivity index (χ1) is 10.4. The van der Waals surface area contributed by atoms with E-state index in [0.29, 0.717) is 0 Å². The molecule has 22 heavy (non-hydrogen) atoms. The van der Waals surface area contributed by atoms with Crippen LogP contribution in [0, 0.1) is 5.41 Å². The summed E-state index contributed by atoms with van der Waals surface area (Å²) in [6.45, 7) is 6.49. The highest BCUT2D eigenvalue weighted by Gasteiger charge is 2.33. The molecule has 0 radical (unpaired) electrons. The van der Waals surface area contributed by atoms with E-state index < -0.39 is 0 Å². The Hall–Kier alpha value is -2.03. The lowest BCUT2D eigenvalue weighted by Crippen LogP contribution is -2.31. The topological polar surface area (TPSA) is 35.5 Å². The summed E-state index contributed by atoms with van der Waals surface area (Å²) in [7, 11) is 1.39.